The van der Waals surface area contributed by atoms with Crippen LogP contribution in [-0.2, 0) is 28.8 Å². The molecular weight excluding hydrogens is 518 g/mol. The molecule has 10 heteroatoms. The minimum Gasteiger partial charge on any atom is -0.347 e. The Morgan fingerprint density at radius 2 is 1.87 bits per heavy atom. The molecule has 0 radical (unpaired) electrons. The first-order chi connectivity index (χ1) is 17.9. The second-order valence-electron chi connectivity index (χ2n) is 11.1. The second-order valence-corrected chi connectivity index (χ2v) is 14.4. The molecule has 1 saturated heterocycles. The number of nitrogens with zero attached hydrogens (tertiary/aromatic N) is 4. The van der Waals surface area contributed by atoms with E-state index < -0.39 is 9.84 Å². The molecule has 0 bridgehead atoms. The van der Waals surface area contributed by atoms with Crippen LogP contribution in [0.4, 0.5) is 0 Å². The number of amides is 1. The molecule has 0 aliphatic carbocycles. The summed E-state index contributed by atoms with van der Waals surface area (Å²) in [5.41, 5.74) is 6.71. The largest absolute Gasteiger partial charge is 0.347 e. The number of thiazole rings is 1. The van der Waals surface area contributed by atoms with E-state index >= 15 is 0 Å². The third-order valence-electron chi connectivity index (χ3n) is 7.26. The third-order valence-corrected chi connectivity index (χ3v) is 10.4. The number of hydrogen-bond acceptors (Lipinski definition) is 7. The molecule has 4 heterocycles. The zero-order valence-corrected chi connectivity index (χ0v) is 24.0. The average Bonchev–Trinajstić information content (AvgIpc) is 3.49. The van der Waals surface area contributed by atoms with Crippen molar-refractivity contribution in [3.63, 3.8) is 0 Å². The van der Waals surface area contributed by atoms with Crippen molar-refractivity contribution in [2.24, 2.45) is 7.05 Å². The van der Waals surface area contributed by atoms with Crippen molar-refractivity contribution >= 4 is 38.1 Å². The number of carbonyl (C=O) groups excluding carboxylic acids is 1. The minimum atomic E-state index is -2.92. The number of aryl methyl sites for hydroxylation is 2. The van der Waals surface area contributed by atoms with E-state index in [-0.39, 0.29) is 28.7 Å². The van der Waals surface area contributed by atoms with Crippen LogP contribution in [0.2, 0.25) is 0 Å². The van der Waals surface area contributed by atoms with E-state index in [1.807, 2.05) is 26.1 Å². The van der Waals surface area contributed by atoms with Gasteiger partial charge in [-0.1, -0.05) is 32.9 Å². The smallest absolute Gasteiger partial charge is 0.263 e. The molecule has 4 aromatic rings. The summed E-state index contributed by atoms with van der Waals surface area (Å²) in [4.78, 5) is 26.9. The fourth-order valence-corrected chi connectivity index (χ4v) is 7.40. The molecule has 0 spiro atoms. The highest BCUT2D eigenvalue weighted by molar-refractivity contribution is 7.91. The van der Waals surface area contributed by atoms with Gasteiger partial charge in [0.25, 0.3) is 5.91 Å². The van der Waals surface area contributed by atoms with Crippen molar-refractivity contribution in [1.29, 1.82) is 0 Å². The van der Waals surface area contributed by atoms with Crippen molar-refractivity contribution in [3.8, 4) is 11.3 Å². The Morgan fingerprint density at radius 3 is 2.53 bits per heavy atom. The van der Waals surface area contributed by atoms with Crippen LogP contribution < -0.4 is 5.32 Å². The molecule has 38 heavy (non-hydrogen) atoms. The van der Waals surface area contributed by atoms with E-state index in [0.29, 0.717) is 24.3 Å². The Morgan fingerprint density at radius 1 is 1.13 bits per heavy atom. The zero-order valence-electron chi connectivity index (χ0n) is 22.4. The Kier molecular flexibility index (Phi) is 6.89. The molecule has 0 unspecified atom stereocenters. The van der Waals surface area contributed by atoms with Crippen LogP contribution in [-0.4, -0.2) is 45.3 Å². The van der Waals surface area contributed by atoms with Crippen LogP contribution in [0, 0.1) is 6.92 Å². The maximum Gasteiger partial charge on any atom is 0.263 e. The molecule has 1 aromatic carbocycles. The third kappa shape index (κ3) is 5.24. The van der Waals surface area contributed by atoms with Gasteiger partial charge in [0.05, 0.1) is 39.4 Å². The summed E-state index contributed by atoms with van der Waals surface area (Å²) in [6, 6.07) is 8.22. The summed E-state index contributed by atoms with van der Waals surface area (Å²) in [5.74, 6) is 0.535. The van der Waals surface area contributed by atoms with Gasteiger partial charge >= 0.3 is 0 Å². The van der Waals surface area contributed by atoms with E-state index in [2.05, 4.69) is 57.7 Å². The number of benzene rings is 1. The SMILES string of the molecule is Cc1cc(-c2ncnc3cc(C4CCS(=O)(=O)CC4)n(C)c23)ccc1CNC(=O)c1cnc(C(C)(C)C)s1. The van der Waals surface area contributed by atoms with Crippen LogP contribution in [0.1, 0.15) is 71.0 Å². The monoisotopic (exact) mass is 551 g/mol. The van der Waals surface area contributed by atoms with Gasteiger partial charge in [-0.3, -0.25) is 4.79 Å². The number of carbonyl (C=O) groups is 1. The molecule has 1 N–H and O–H groups in total. The van der Waals surface area contributed by atoms with Gasteiger partial charge in [-0.25, -0.2) is 23.4 Å². The number of fused-ring (bicyclic) bond motifs is 1. The lowest BCUT2D eigenvalue weighted by Crippen LogP contribution is -2.23. The topological polar surface area (TPSA) is 107 Å². The summed E-state index contributed by atoms with van der Waals surface area (Å²) in [5, 5.41) is 3.96. The first-order valence-corrected chi connectivity index (χ1v) is 15.4. The Labute approximate surface area is 227 Å². The van der Waals surface area contributed by atoms with E-state index in [9.17, 15) is 13.2 Å². The van der Waals surface area contributed by atoms with Crippen LogP contribution >= 0.6 is 11.3 Å². The summed E-state index contributed by atoms with van der Waals surface area (Å²) >= 11 is 1.43. The fourth-order valence-electron chi connectivity index (χ4n) is 5.01. The standard InChI is InChI=1S/C28H33N5O3S2/c1-17-12-19(6-7-20(17)14-29-26(34)23-15-30-27(37-23)28(2,3)4)24-25-21(31-16-32-24)13-22(33(25)5)18-8-10-38(35,36)11-9-18/h6-7,12-13,15-16,18H,8-11,14H2,1-5H3,(H,29,34). The van der Waals surface area contributed by atoms with Gasteiger partial charge in [0, 0.05) is 36.2 Å². The van der Waals surface area contributed by atoms with E-state index in [0.717, 1.165) is 44.1 Å². The number of nitrogens with one attached hydrogen (secondary N) is 1. The van der Waals surface area contributed by atoms with Crippen molar-refractivity contribution in [3.05, 3.63) is 63.5 Å². The van der Waals surface area contributed by atoms with Crippen LogP contribution in [0.15, 0.2) is 36.8 Å². The highest BCUT2D eigenvalue weighted by Gasteiger charge is 2.28. The molecule has 1 fully saturated rings. The number of aromatic nitrogens is 4. The molecule has 0 saturated carbocycles. The predicted molar refractivity (Wildman–Crippen MR) is 151 cm³/mol. The second kappa shape index (κ2) is 9.89. The number of rotatable bonds is 5. The number of sulfone groups is 1. The molecule has 1 aliphatic heterocycles. The summed E-state index contributed by atoms with van der Waals surface area (Å²) in [7, 11) is -0.915. The van der Waals surface area contributed by atoms with Gasteiger partial charge < -0.3 is 9.88 Å². The Balaban J connectivity index is 1.36. The fraction of sp³-hybridized carbons (Fsp3) is 0.429. The van der Waals surface area contributed by atoms with Gasteiger partial charge in [-0.15, -0.1) is 11.3 Å². The molecule has 1 aliphatic rings. The van der Waals surface area contributed by atoms with E-state index in [1.165, 1.54) is 11.3 Å². The molecule has 0 atom stereocenters. The lowest BCUT2D eigenvalue weighted by Gasteiger charge is -2.22. The van der Waals surface area contributed by atoms with Crippen molar-refractivity contribution in [2.45, 2.75) is 58.4 Å². The molecular formula is C28H33N5O3S2. The van der Waals surface area contributed by atoms with Gasteiger partial charge in [-0.05, 0) is 43.0 Å². The highest BCUT2D eigenvalue weighted by atomic mass is 32.2. The molecule has 5 rings (SSSR count). The van der Waals surface area contributed by atoms with Gasteiger partial charge in [0.2, 0.25) is 0 Å². The molecule has 8 nitrogen and oxygen atoms in total. The minimum absolute atomic E-state index is 0.0851. The molecule has 200 valence electrons. The Hall–Kier alpha value is -3.11. The van der Waals surface area contributed by atoms with Crippen molar-refractivity contribution in [1.82, 2.24) is 24.8 Å². The van der Waals surface area contributed by atoms with Gasteiger partial charge in [0.15, 0.2) is 0 Å². The molecule has 1 amide bonds. The highest BCUT2D eigenvalue weighted by Crippen LogP contribution is 2.35. The maximum atomic E-state index is 12.7. The van der Waals surface area contributed by atoms with Crippen molar-refractivity contribution < 1.29 is 13.2 Å². The predicted octanol–water partition coefficient (Wildman–Crippen LogP) is 4.92. The molecule has 3 aromatic heterocycles. The summed E-state index contributed by atoms with van der Waals surface area (Å²) in [6.07, 6.45) is 4.50. The summed E-state index contributed by atoms with van der Waals surface area (Å²) in [6.45, 7) is 8.71. The first kappa shape index (κ1) is 26.5. The van der Waals surface area contributed by atoms with E-state index in [1.54, 1.807) is 12.5 Å². The van der Waals surface area contributed by atoms with E-state index in [4.69, 9.17) is 0 Å². The van der Waals surface area contributed by atoms with Crippen LogP contribution in [0.25, 0.3) is 22.3 Å². The first-order valence-electron chi connectivity index (χ1n) is 12.8. The summed E-state index contributed by atoms with van der Waals surface area (Å²) < 4.78 is 26.0. The lowest BCUT2D eigenvalue weighted by molar-refractivity contribution is 0.0954. The Bertz CT molecular complexity index is 1620. The zero-order chi connectivity index (χ0) is 27.2. The maximum absolute atomic E-state index is 12.7. The lowest BCUT2D eigenvalue weighted by atomic mass is 9.98. The average molecular weight is 552 g/mol. The van der Waals surface area contributed by atoms with Gasteiger partial charge in [-0.2, -0.15) is 0 Å². The van der Waals surface area contributed by atoms with Crippen molar-refractivity contribution in [2.75, 3.05) is 11.5 Å². The normalized spacial score (nSPS) is 16.1. The van der Waals surface area contributed by atoms with Crippen LogP contribution in [0.5, 0.6) is 0 Å². The number of hydrogen-bond donors (Lipinski definition) is 1. The van der Waals surface area contributed by atoms with Crippen LogP contribution in [0.3, 0.4) is 0 Å². The quantitative estimate of drug-likeness (QED) is 0.377. The van der Waals surface area contributed by atoms with Gasteiger partial charge in [0.1, 0.15) is 21.0 Å².